The third-order valence-electron chi connectivity index (χ3n) is 2.07. The van der Waals surface area contributed by atoms with Gasteiger partial charge in [-0.05, 0) is 13.3 Å². The van der Waals surface area contributed by atoms with Crippen molar-refractivity contribution in [3.8, 4) is 0 Å². The number of carboxylic acid groups (broad SMARTS) is 1. The molecule has 94 valence electrons. The van der Waals surface area contributed by atoms with Gasteiger partial charge < -0.3 is 10.4 Å². The molecule has 0 heterocycles. The lowest BCUT2D eigenvalue weighted by Gasteiger charge is -2.10. The van der Waals surface area contributed by atoms with E-state index in [4.69, 9.17) is 5.11 Å². The standard InChI is InChI=1S/C9H17NO5S/c1-3-7(9(12)13)16(14,15)6-5-8(11)10-4-2/h7H,3-6H2,1-2H3,(H,10,11)(H,12,13). The molecule has 2 N–H and O–H groups in total. The number of carboxylic acids is 1. The summed E-state index contributed by atoms with van der Waals surface area (Å²) in [5.41, 5.74) is 0. The Labute approximate surface area is 95.0 Å². The van der Waals surface area contributed by atoms with Gasteiger partial charge in [-0.15, -0.1) is 0 Å². The quantitative estimate of drug-likeness (QED) is 0.652. The average molecular weight is 251 g/mol. The molecule has 0 saturated heterocycles. The molecule has 0 aliphatic heterocycles. The molecule has 0 rings (SSSR count). The highest BCUT2D eigenvalue weighted by Crippen LogP contribution is 2.08. The van der Waals surface area contributed by atoms with Crippen LogP contribution < -0.4 is 5.32 Å². The first-order valence-electron chi connectivity index (χ1n) is 5.06. The topological polar surface area (TPSA) is 101 Å². The van der Waals surface area contributed by atoms with Crippen molar-refractivity contribution >= 4 is 21.7 Å². The zero-order chi connectivity index (χ0) is 12.8. The van der Waals surface area contributed by atoms with E-state index in [0.717, 1.165) is 0 Å². The van der Waals surface area contributed by atoms with Crippen LogP contribution >= 0.6 is 0 Å². The maximum absolute atomic E-state index is 11.6. The maximum Gasteiger partial charge on any atom is 0.321 e. The molecule has 0 bridgehead atoms. The van der Waals surface area contributed by atoms with E-state index < -0.39 is 26.8 Å². The molecule has 16 heavy (non-hydrogen) atoms. The van der Waals surface area contributed by atoms with Gasteiger partial charge in [0, 0.05) is 13.0 Å². The largest absolute Gasteiger partial charge is 0.480 e. The zero-order valence-corrected chi connectivity index (χ0v) is 10.2. The van der Waals surface area contributed by atoms with Crippen molar-refractivity contribution in [1.29, 1.82) is 0 Å². The summed E-state index contributed by atoms with van der Waals surface area (Å²) in [6, 6.07) is 0. The van der Waals surface area contributed by atoms with E-state index in [2.05, 4.69) is 5.32 Å². The summed E-state index contributed by atoms with van der Waals surface area (Å²) < 4.78 is 23.1. The van der Waals surface area contributed by atoms with Gasteiger partial charge in [-0.1, -0.05) is 6.92 Å². The van der Waals surface area contributed by atoms with Crippen molar-refractivity contribution in [3.05, 3.63) is 0 Å². The van der Waals surface area contributed by atoms with E-state index in [-0.39, 0.29) is 18.7 Å². The number of sulfone groups is 1. The highest BCUT2D eigenvalue weighted by Gasteiger charge is 2.30. The monoisotopic (exact) mass is 251 g/mol. The Hall–Kier alpha value is -1.11. The lowest BCUT2D eigenvalue weighted by molar-refractivity contribution is -0.136. The molecule has 7 heteroatoms. The SMILES string of the molecule is CCNC(=O)CCS(=O)(=O)C(CC)C(=O)O. The van der Waals surface area contributed by atoms with Crippen LogP contribution in [0, 0.1) is 0 Å². The number of hydrogen-bond donors (Lipinski definition) is 2. The fourth-order valence-electron chi connectivity index (χ4n) is 1.24. The summed E-state index contributed by atoms with van der Waals surface area (Å²) in [6.45, 7) is 3.63. The number of aliphatic carboxylic acids is 1. The van der Waals surface area contributed by atoms with Crippen molar-refractivity contribution in [2.75, 3.05) is 12.3 Å². The van der Waals surface area contributed by atoms with Gasteiger partial charge in [-0.25, -0.2) is 8.42 Å². The molecule has 0 fully saturated rings. The van der Waals surface area contributed by atoms with Gasteiger partial charge in [0.05, 0.1) is 5.75 Å². The van der Waals surface area contributed by atoms with Gasteiger partial charge in [0.15, 0.2) is 15.1 Å². The Bertz CT molecular complexity index is 349. The molecule has 6 nitrogen and oxygen atoms in total. The summed E-state index contributed by atoms with van der Waals surface area (Å²) in [5, 5.41) is 9.74. The summed E-state index contributed by atoms with van der Waals surface area (Å²) in [7, 11) is -3.75. The number of amides is 1. The fourth-order valence-corrected chi connectivity index (χ4v) is 2.81. The van der Waals surface area contributed by atoms with Crippen LogP contribution in [0.5, 0.6) is 0 Å². The van der Waals surface area contributed by atoms with E-state index in [1.165, 1.54) is 6.92 Å². The van der Waals surface area contributed by atoms with Crippen LogP contribution in [0.1, 0.15) is 26.7 Å². The Morgan fingerprint density at radius 1 is 1.31 bits per heavy atom. The first kappa shape index (κ1) is 14.9. The average Bonchev–Trinajstić information content (AvgIpc) is 2.15. The molecule has 0 aliphatic rings. The lowest BCUT2D eigenvalue weighted by atomic mass is 10.3. The molecule has 0 aromatic rings. The van der Waals surface area contributed by atoms with Gasteiger partial charge in [-0.2, -0.15) is 0 Å². The Balaban J connectivity index is 4.45. The third kappa shape index (κ3) is 4.61. The van der Waals surface area contributed by atoms with E-state index >= 15 is 0 Å². The Morgan fingerprint density at radius 2 is 1.88 bits per heavy atom. The van der Waals surface area contributed by atoms with Crippen molar-refractivity contribution in [3.63, 3.8) is 0 Å². The normalized spacial score (nSPS) is 13.1. The minimum Gasteiger partial charge on any atom is -0.480 e. The van der Waals surface area contributed by atoms with E-state index in [0.29, 0.717) is 6.54 Å². The maximum atomic E-state index is 11.6. The second-order valence-electron chi connectivity index (χ2n) is 3.31. The number of carbonyl (C=O) groups excluding carboxylic acids is 1. The zero-order valence-electron chi connectivity index (χ0n) is 9.39. The van der Waals surface area contributed by atoms with Crippen LogP contribution in [-0.2, 0) is 19.4 Å². The summed E-state index contributed by atoms with van der Waals surface area (Å²) in [4.78, 5) is 21.7. The number of nitrogens with one attached hydrogen (secondary N) is 1. The van der Waals surface area contributed by atoms with Crippen molar-refractivity contribution in [1.82, 2.24) is 5.32 Å². The predicted octanol–water partition coefficient (Wildman–Crippen LogP) is -0.209. The summed E-state index contributed by atoms with van der Waals surface area (Å²) >= 11 is 0. The highest BCUT2D eigenvalue weighted by molar-refractivity contribution is 7.92. The molecule has 0 saturated carbocycles. The highest BCUT2D eigenvalue weighted by atomic mass is 32.2. The minimum atomic E-state index is -3.75. The third-order valence-corrected chi connectivity index (χ3v) is 4.24. The molecular formula is C9H17NO5S. The van der Waals surface area contributed by atoms with Crippen LogP contribution in [0.25, 0.3) is 0 Å². The number of rotatable bonds is 7. The molecule has 0 aromatic carbocycles. The molecule has 1 atom stereocenters. The smallest absolute Gasteiger partial charge is 0.321 e. The van der Waals surface area contributed by atoms with E-state index in [9.17, 15) is 18.0 Å². The van der Waals surface area contributed by atoms with E-state index in [1.807, 2.05) is 0 Å². The van der Waals surface area contributed by atoms with Crippen LogP contribution in [0.4, 0.5) is 0 Å². The first-order valence-corrected chi connectivity index (χ1v) is 6.77. The first-order chi connectivity index (χ1) is 7.35. The molecule has 0 spiro atoms. The van der Waals surface area contributed by atoms with Crippen molar-refractivity contribution in [2.24, 2.45) is 0 Å². The van der Waals surface area contributed by atoms with Gasteiger partial charge >= 0.3 is 5.97 Å². The Kier molecular flexibility index (Phi) is 6.02. The fraction of sp³-hybridized carbons (Fsp3) is 0.778. The van der Waals surface area contributed by atoms with Crippen molar-refractivity contribution in [2.45, 2.75) is 31.9 Å². The van der Waals surface area contributed by atoms with Gasteiger partial charge in [0.25, 0.3) is 0 Å². The lowest BCUT2D eigenvalue weighted by Crippen LogP contribution is -2.33. The van der Waals surface area contributed by atoms with Crippen LogP contribution in [0.3, 0.4) is 0 Å². The summed E-state index contributed by atoms with van der Waals surface area (Å²) in [5.74, 6) is -2.17. The molecule has 1 unspecified atom stereocenters. The van der Waals surface area contributed by atoms with Gasteiger partial charge in [0.2, 0.25) is 5.91 Å². The number of hydrogen-bond acceptors (Lipinski definition) is 4. The molecule has 1 amide bonds. The van der Waals surface area contributed by atoms with Gasteiger partial charge in [0.1, 0.15) is 0 Å². The number of carbonyl (C=O) groups is 2. The molecule has 0 aromatic heterocycles. The van der Waals surface area contributed by atoms with Gasteiger partial charge in [-0.3, -0.25) is 9.59 Å². The molecule has 0 aliphatic carbocycles. The minimum absolute atomic E-state index is 0.00701. The molecule has 0 radical (unpaired) electrons. The van der Waals surface area contributed by atoms with Crippen LogP contribution in [0.2, 0.25) is 0 Å². The summed E-state index contributed by atoms with van der Waals surface area (Å²) in [6.07, 6.45) is -0.187. The second kappa shape index (κ2) is 6.47. The van der Waals surface area contributed by atoms with Crippen LogP contribution in [0.15, 0.2) is 0 Å². The predicted molar refractivity (Wildman–Crippen MR) is 58.8 cm³/mol. The molecular weight excluding hydrogens is 234 g/mol. The second-order valence-corrected chi connectivity index (χ2v) is 5.61. The van der Waals surface area contributed by atoms with E-state index in [1.54, 1.807) is 6.92 Å². The Morgan fingerprint density at radius 3 is 2.25 bits per heavy atom. The van der Waals surface area contributed by atoms with Crippen molar-refractivity contribution < 1.29 is 23.1 Å². The van der Waals surface area contributed by atoms with Crippen LogP contribution in [-0.4, -0.2) is 42.9 Å².